The molecule has 1 aromatic heterocycles. The summed E-state index contributed by atoms with van der Waals surface area (Å²) < 4.78 is 41.7. The fourth-order valence-electron chi connectivity index (χ4n) is 4.39. The molecule has 1 amide bonds. The van der Waals surface area contributed by atoms with Gasteiger partial charge in [-0.15, -0.1) is 10.3 Å². The summed E-state index contributed by atoms with van der Waals surface area (Å²) in [5.74, 6) is 2.96. The number of nitrogens with zero attached hydrogens (tertiary/aromatic N) is 3. The van der Waals surface area contributed by atoms with Crippen LogP contribution < -0.4 is 4.74 Å². The second-order valence-electron chi connectivity index (χ2n) is 8.27. The highest BCUT2D eigenvalue weighted by atomic mass is 32.3. The van der Waals surface area contributed by atoms with Crippen LogP contribution in [0.5, 0.6) is 5.75 Å². The van der Waals surface area contributed by atoms with Crippen LogP contribution in [0.3, 0.4) is 0 Å². The molecule has 2 aromatic carbocycles. The summed E-state index contributed by atoms with van der Waals surface area (Å²) in [5.41, 5.74) is 1.46. The topological polar surface area (TPSA) is 79.8 Å². The van der Waals surface area contributed by atoms with Gasteiger partial charge in [0.05, 0.1) is 7.11 Å². The quantitative estimate of drug-likeness (QED) is 0.411. The molecule has 1 saturated heterocycles. The fourth-order valence-corrected chi connectivity index (χ4v) is 4.95. The number of fused-ring (bicyclic) bond motifs is 1. The first-order valence-electron chi connectivity index (χ1n) is 10.7. The number of hydrogen-bond donors (Lipinski definition) is 0. The zero-order valence-electron chi connectivity index (χ0n) is 18.9. The maximum atomic E-state index is 13.6. The average Bonchev–Trinajstić information content (AvgIpc) is 2.82. The SMILES string of the molecule is C#Cc1cc(CN2CCN(C(=O)c3ccc(OC)c4ccncc34)[C@@H](C)C2)cc(S(=O)(=O)F)c1. The van der Waals surface area contributed by atoms with E-state index in [0.29, 0.717) is 48.6 Å². The number of carbonyl (C=O) groups excluding carboxylic acids is 1. The highest BCUT2D eigenvalue weighted by molar-refractivity contribution is 7.86. The largest absolute Gasteiger partial charge is 0.496 e. The number of amides is 1. The first-order valence-corrected chi connectivity index (χ1v) is 12.1. The van der Waals surface area contributed by atoms with Crippen LogP contribution in [-0.2, 0) is 16.8 Å². The smallest absolute Gasteiger partial charge is 0.332 e. The lowest BCUT2D eigenvalue weighted by Crippen LogP contribution is -2.53. The number of carbonyl (C=O) groups is 1. The van der Waals surface area contributed by atoms with Crippen molar-refractivity contribution in [1.82, 2.24) is 14.8 Å². The minimum atomic E-state index is -4.86. The molecular weight excluding hydrogens is 457 g/mol. The molecule has 0 N–H and O–H groups in total. The van der Waals surface area contributed by atoms with E-state index >= 15 is 0 Å². The first kappa shape index (κ1) is 23.7. The zero-order valence-corrected chi connectivity index (χ0v) is 19.7. The van der Waals surface area contributed by atoms with Gasteiger partial charge in [-0.2, -0.15) is 8.42 Å². The Labute approximate surface area is 198 Å². The summed E-state index contributed by atoms with van der Waals surface area (Å²) in [6.45, 7) is 3.97. The van der Waals surface area contributed by atoms with Crippen LogP contribution in [0, 0.1) is 12.3 Å². The standard InChI is InChI=1S/C25H24FN3O4S/c1-4-18-11-19(13-20(12-18)34(26,31)32)16-28-9-10-29(17(2)15-28)25(30)22-5-6-24(33-3)21-7-8-27-14-23(21)22/h1,5-8,11-14,17H,9-10,15-16H2,2-3H3/t17-/m0/s1. The van der Waals surface area contributed by atoms with Crippen molar-refractivity contribution in [3.8, 4) is 18.1 Å². The number of ether oxygens (including phenoxy) is 1. The molecule has 176 valence electrons. The summed E-state index contributed by atoms with van der Waals surface area (Å²) in [7, 11) is -3.28. The molecule has 1 atom stereocenters. The lowest BCUT2D eigenvalue weighted by molar-refractivity contribution is 0.0477. The molecule has 4 rings (SSSR count). The van der Waals surface area contributed by atoms with Crippen LogP contribution >= 0.6 is 0 Å². The van der Waals surface area contributed by atoms with E-state index in [4.69, 9.17) is 11.2 Å². The van der Waals surface area contributed by atoms with E-state index < -0.39 is 15.1 Å². The van der Waals surface area contributed by atoms with Crippen molar-refractivity contribution < 1.29 is 21.8 Å². The Morgan fingerprint density at radius 1 is 1.24 bits per heavy atom. The second kappa shape index (κ2) is 9.41. The Morgan fingerprint density at radius 3 is 2.71 bits per heavy atom. The number of piperazine rings is 1. The molecule has 0 bridgehead atoms. The van der Waals surface area contributed by atoms with Crippen molar-refractivity contribution in [3.05, 3.63) is 65.5 Å². The molecule has 1 fully saturated rings. The molecular formula is C25H24FN3O4S. The van der Waals surface area contributed by atoms with Crippen LogP contribution in [0.15, 0.2) is 53.7 Å². The summed E-state index contributed by atoms with van der Waals surface area (Å²) in [5, 5.41) is 1.55. The summed E-state index contributed by atoms with van der Waals surface area (Å²) in [4.78, 5) is 21.1. The molecule has 9 heteroatoms. The maximum Gasteiger partial charge on any atom is 0.332 e. The maximum absolute atomic E-state index is 13.6. The van der Waals surface area contributed by atoms with Crippen LogP contribution in [-0.4, -0.2) is 61.9 Å². The Balaban J connectivity index is 1.52. The molecule has 0 aliphatic carbocycles. The highest BCUT2D eigenvalue weighted by Gasteiger charge is 2.29. The molecule has 0 saturated carbocycles. The number of rotatable bonds is 5. The van der Waals surface area contributed by atoms with Gasteiger partial charge in [0.15, 0.2) is 0 Å². The van der Waals surface area contributed by atoms with Gasteiger partial charge in [0.1, 0.15) is 10.6 Å². The van der Waals surface area contributed by atoms with Gasteiger partial charge >= 0.3 is 10.2 Å². The molecule has 1 aliphatic heterocycles. The Morgan fingerprint density at radius 2 is 2.03 bits per heavy atom. The average molecular weight is 482 g/mol. The van der Waals surface area contributed by atoms with E-state index in [-0.39, 0.29) is 11.9 Å². The Hall–Kier alpha value is -3.48. The monoisotopic (exact) mass is 481 g/mol. The van der Waals surface area contributed by atoms with Gasteiger partial charge in [-0.3, -0.25) is 14.7 Å². The van der Waals surface area contributed by atoms with Crippen LogP contribution in [0.25, 0.3) is 10.8 Å². The van der Waals surface area contributed by atoms with Crippen molar-refractivity contribution in [1.29, 1.82) is 0 Å². The van der Waals surface area contributed by atoms with Gasteiger partial charge in [0, 0.05) is 66.5 Å². The van der Waals surface area contributed by atoms with Crippen LogP contribution in [0.1, 0.15) is 28.4 Å². The lowest BCUT2D eigenvalue weighted by atomic mass is 10.0. The van der Waals surface area contributed by atoms with E-state index in [1.165, 1.54) is 6.07 Å². The predicted molar refractivity (Wildman–Crippen MR) is 127 cm³/mol. The first-order chi connectivity index (χ1) is 16.2. The van der Waals surface area contributed by atoms with Gasteiger partial charge in [-0.25, -0.2) is 0 Å². The summed E-state index contributed by atoms with van der Waals surface area (Å²) >= 11 is 0. The van der Waals surface area contributed by atoms with Crippen molar-refractivity contribution in [2.45, 2.75) is 24.4 Å². The number of benzene rings is 2. The predicted octanol–water partition coefficient (Wildman–Crippen LogP) is 3.23. The highest BCUT2D eigenvalue weighted by Crippen LogP contribution is 2.29. The molecule has 7 nitrogen and oxygen atoms in total. The van der Waals surface area contributed by atoms with Crippen LogP contribution in [0.4, 0.5) is 3.89 Å². The minimum absolute atomic E-state index is 0.0899. The van der Waals surface area contributed by atoms with E-state index in [1.54, 1.807) is 37.7 Å². The number of halogens is 1. The molecule has 3 aromatic rings. The normalized spacial score (nSPS) is 16.9. The number of aromatic nitrogens is 1. The number of hydrogen-bond acceptors (Lipinski definition) is 6. The van der Waals surface area contributed by atoms with Gasteiger partial charge in [-0.05, 0) is 48.9 Å². The van der Waals surface area contributed by atoms with E-state index in [0.717, 1.165) is 16.8 Å². The molecule has 0 radical (unpaired) electrons. The number of methoxy groups -OCH3 is 1. The second-order valence-corrected chi connectivity index (χ2v) is 9.61. The zero-order chi connectivity index (χ0) is 24.5. The van der Waals surface area contributed by atoms with E-state index in [1.807, 2.05) is 17.9 Å². The summed E-state index contributed by atoms with van der Waals surface area (Å²) in [6.07, 6.45) is 8.74. The van der Waals surface area contributed by atoms with Crippen molar-refractivity contribution >= 4 is 26.9 Å². The van der Waals surface area contributed by atoms with Gasteiger partial charge < -0.3 is 9.64 Å². The van der Waals surface area contributed by atoms with Gasteiger partial charge in [0.2, 0.25) is 0 Å². The van der Waals surface area contributed by atoms with E-state index in [2.05, 4.69) is 15.8 Å². The third-order valence-corrected chi connectivity index (χ3v) is 6.82. The third-order valence-electron chi connectivity index (χ3n) is 6.02. The Bertz CT molecular complexity index is 1400. The fraction of sp³-hybridized carbons (Fsp3) is 0.280. The minimum Gasteiger partial charge on any atom is -0.496 e. The number of terminal acetylenes is 1. The summed E-state index contributed by atoms with van der Waals surface area (Å²) in [6, 6.07) is 9.38. The van der Waals surface area contributed by atoms with Crippen LogP contribution in [0.2, 0.25) is 0 Å². The molecule has 1 aliphatic rings. The van der Waals surface area contributed by atoms with E-state index in [9.17, 15) is 17.1 Å². The molecule has 0 unspecified atom stereocenters. The molecule has 34 heavy (non-hydrogen) atoms. The third kappa shape index (κ3) is 4.74. The molecule has 0 spiro atoms. The van der Waals surface area contributed by atoms with Gasteiger partial charge in [-0.1, -0.05) is 5.92 Å². The van der Waals surface area contributed by atoms with Gasteiger partial charge in [0.25, 0.3) is 5.91 Å². The lowest BCUT2D eigenvalue weighted by Gasteiger charge is -2.40. The van der Waals surface area contributed by atoms with Crippen molar-refractivity contribution in [3.63, 3.8) is 0 Å². The molecule has 2 heterocycles. The van der Waals surface area contributed by atoms with Crippen molar-refractivity contribution in [2.24, 2.45) is 0 Å². The van der Waals surface area contributed by atoms with Crippen molar-refractivity contribution in [2.75, 3.05) is 26.7 Å². The Kier molecular flexibility index (Phi) is 6.55. The number of pyridine rings is 1.